The number of hydrogen-bond donors (Lipinski definition) is 3. The van der Waals surface area contributed by atoms with Crippen molar-refractivity contribution >= 4 is 27.8 Å². The molecule has 1 saturated carbocycles. The molecule has 8 heteroatoms. The molecule has 0 aromatic carbocycles. The van der Waals surface area contributed by atoms with E-state index in [0.717, 1.165) is 18.5 Å². The second-order valence-corrected chi connectivity index (χ2v) is 5.89. The van der Waals surface area contributed by atoms with Gasteiger partial charge in [-0.3, -0.25) is 9.89 Å². The monoisotopic (exact) mass is 345 g/mol. The summed E-state index contributed by atoms with van der Waals surface area (Å²) in [5.74, 6) is -1.31. The summed E-state index contributed by atoms with van der Waals surface area (Å²) in [4.78, 5) is 23.4. The number of amides is 1. The van der Waals surface area contributed by atoms with Gasteiger partial charge in [-0.15, -0.1) is 0 Å². The molecule has 0 bridgehead atoms. The molecule has 1 heterocycles. The van der Waals surface area contributed by atoms with Gasteiger partial charge in [-0.05, 0) is 35.7 Å². The topological polar surface area (TPSA) is 104 Å². The van der Waals surface area contributed by atoms with Crippen LogP contribution >= 0.6 is 15.9 Å². The standard InChI is InChI=1S/C12H16BrN3O4/c1-12(5-20-2,11(18)19)14-10(17)9-7(13)8(15-16-9)6-3-4-6/h6H,3-5H2,1-2H3,(H,14,17)(H,15,16)(H,18,19). The van der Waals surface area contributed by atoms with E-state index in [4.69, 9.17) is 4.74 Å². The maximum absolute atomic E-state index is 12.2. The number of methoxy groups -OCH3 is 1. The Morgan fingerprint density at radius 1 is 1.60 bits per heavy atom. The Hall–Kier alpha value is -1.41. The van der Waals surface area contributed by atoms with E-state index in [1.807, 2.05) is 0 Å². The highest BCUT2D eigenvalue weighted by Gasteiger charge is 2.37. The third kappa shape index (κ3) is 2.85. The molecule has 1 amide bonds. The van der Waals surface area contributed by atoms with Gasteiger partial charge in [-0.25, -0.2) is 4.79 Å². The lowest BCUT2D eigenvalue weighted by Crippen LogP contribution is -2.55. The van der Waals surface area contributed by atoms with Crippen molar-refractivity contribution in [3.63, 3.8) is 0 Å². The van der Waals surface area contributed by atoms with Crippen LogP contribution in [0.5, 0.6) is 0 Å². The summed E-state index contributed by atoms with van der Waals surface area (Å²) < 4.78 is 5.45. The van der Waals surface area contributed by atoms with Gasteiger partial charge < -0.3 is 15.2 Å². The average molecular weight is 346 g/mol. The number of H-pyrrole nitrogens is 1. The first-order chi connectivity index (χ1) is 9.39. The number of hydrogen-bond acceptors (Lipinski definition) is 4. The van der Waals surface area contributed by atoms with Gasteiger partial charge in [-0.2, -0.15) is 5.10 Å². The number of nitrogens with one attached hydrogen (secondary N) is 2. The summed E-state index contributed by atoms with van der Waals surface area (Å²) in [6, 6.07) is 0. The van der Waals surface area contributed by atoms with Crippen molar-refractivity contribution in [2.45, 2.75) is 31.2 Å². The van der Waals surface area contributed by atoms with E-state index < -0.39 is 17.4 Å². The van der Waals surface area contributed by atoms with Gasteiger partial charge in [0, 0.05) is 13.0 Å². The lowest BCUT2D eigenvalue weighted by molar-refractivity contribution is -0.145. The lowest BCUT2D eigenvalue weighted by Gasteiger charge is -2.24. The number of carboxylic acid groups (broad SMARTS) is 1. The predicted molar refractivity (Wildman–Crippen MR) is 73.6 cm³/mol. The molecule has 1 aromatic heterocycles. The Kier molecular flexibility index (Phi) is 4.14. The number of nitrogens with zero attached hydrogens (tertiary/aromatic N) is 1. The first-order valence-corrected chi connectivity index (χ1v) is 6.97. The number of ether oxygens (including phenoxy) is 1. The van der Waals surface area contributed by atoms with Crippen molar-refractivity contribution < 1.29 is 19.4 Å². The Balaban J connectivity index is 2.16. The van der Waals surface area contributed by atoms with E-state index in [1.165, 1.54) is 14.0 Å². The zero-order valence-electron chi connectivity index (χ0n) is 11.2. The fraction of sp³-hybridized carbons (Fsp3) is 0.583. The normalized spacial score (nSPS) is 17.6. The highest BCUT2D eigenvalue weighted by molar-refractivity contribution is 9.10. The molecule has 1 atom stereocenters. The quantitative estimate of drug-likeness (QED) is 0.720. The lowest BCUT2D eigenvalue weighted by atomic mass is 10.0. The van der Waals surface area contributed by atoms with Crippen LogP contribution in [0.2, 0.25) is 0 Å². The first kappa shape index (κ1) is 15.0. The molecule has 7 nitrogen and oxygen atoms in total. The molecule has 0 spiro atoms. The van der Waals surface area contributed by atoms with Crippen LogP contribution in [0.15, 0.2) is 4.47 Å². The van der Waals surface area contributed by atoms with Crippen molar-refractivity contribution in [2.75, 3.05) is 13.7 Å². The summed E-state index contributed by atoms with van der Waals surface area (Å²) >= 11 is 3.34. The highest BCUT2D eigenvalue weighted by Crippen LogP contribution is 2.42. The molecule has 1 aromatic rings. The van der Waals surface area contributed by atoms with Gasteiger partial charge in [0.15, 0.2) is 11.2 Å². The zero-order chi connectivity index (χ0) is 14.9. The molecule has 0 aliphatic heterocycles. The number of aromatic amines is 1. The summed E-state index contributed by atoms with van der Waals surface area (Å²) in [5.41, 5.74) is -0.446. The van der Waals surface area contributed by atoms with Crippen LogP contribution in [0, 0.1) is 0 Å². The van der Waals surface area contributed by atoms with Gasteiger partial charge in [0.25, 0.3) is 5.91 Å². The van der Waals surface area contributed by atoms with Crippen LogP contribution in [0.25, 0.3) is 0 Å². The highest BCUT2D eigenvalue weighted by atomic mass is 79.9. The second-order valence-electron chi connectivity index (χ2n) is 5.10. The number of carbonyl (C=O) groups excluding carboxylic acids is 1. The van der Waals surface area contributed by atoms with Crippen LogP contribution in [0.4, 0.5) is 0 Å². The van der Waals surface area contributed by atoms with Crippen molar-refractivity contribution in [2.24, 2.45) is 0 Å². The summed E-state index contributed by atoms with van der Waals surface area (Å²) in [6.07, 6.45) is 2.14. The average Bonchev–Trinajstić information content (AvgIpc) is 3.12. The number of aliphatic carboxylic acids is 1. The molecule has 0 saturated heterocycles. The Morgan fingerprint density at radius 3 is 2.75 bits per heavy atom. The van der Waals surface area contributed by atoms with Crippen molar-refractivity contribution in [1.82, 2.24) is 15.5 Å². The molecule has 2 rings (SSSR count). The third-order valence-electron chi connectivity index (χ3n) is 3.23. The van der Waals surface area contributed by atoms with Gasteiger partial charge >= 0.3 is 5.97 Å². The fourth-order valence-corrected chi connectivity index (χ4v) is 2.57. The number of carbonyl (C=O) groups is 2. The number of carboxylic acids is 1. The van der Waals surface area contributed by atoms with Gasteiger partial charge in [0.2, 0.25) is 0 Å². The molecular formula is C12H16BrN3O4. The van der Waals surface area contributed by atoms with Crippen molar-refractivity contribution in [3.05, 3.63) is 15.9 Å². The molecule has 1 unspecified atom stereocenters. The minimum absolute atomic E-state index is 0.133. The SMILES string of the molecule is COCC(C)(NC(=O)c1n[nH]c(C2CC2)c1Br)C(=O)O. The van der Waals surface area contributed by atoms with Gasteiger partial charge in [-0.1, -0.05) is 0 Å². The van der Waals surface area contributed by atoms with E-state index in [0.29, 0.717) is 10.4 Å². The molecule has 0 radical (unpaired) electrons. The first-order valence-electron chi connectivity index (χ1n) is 6.17. The van der Waals surface area contributed by atoms with Crippen molar-refractivity contribution in [3.8, 4) is 0 Å². The number of aromatic nitrogens is 2. The minimum atomic E-state index is -1.50. The Labute approximate surface area is 124 Å². The molecule has 1 fully saturated rings. The second kappa shape index (κ2) is 5.53. The Bertz CT molecular complexity index is 541. The molecule has 3 N–H and O–H groups in total. The predicted octanol–water partition coefficient (Wildman–Crippen LogP) is 1.27. The Morgan fingerprint density at radius 2 is 2.25 bits per heavy atom. The maximum Gasteiger partial charge on any atom is 0.331 e. The number of halogens is 1. The largest absolute Gasteiger partial charge is 0.479 e. The fourth-order valence-electron chi connectivity index (χ4n) is 1.88. The van der Waals surface area contributed by atoms with E-state index >= 15 is 0 Å². The maximum atomic E-state index is 12.2. The zero-order valence-corrected chi connectivity index (χ0v) is 12.8. The van der Waals surface area contributed by atoms with E-state index in [-0.39, 0.29) is 12.3 Å². The summed E-state index contributed by atoms with van der Waals surface area (Å²) in [6.45, 7) is 1.25. The van der Waals surface area contributed by atoms with Crippen LogP contribution in [0.3, 0.4) is 0 Å². The smallest absolute Gasteiger partial charge is 0.331 e. The number of rotatable bonds is 6. The molecule has 20 heavy (non-hydrogen) atoms. The third-order valence-corrected chi connectivity index (χ3v) is 4.03. The van der Waals surface area contributed by atoms with Crippen LogP contribution < -0.4 is 5.32 Å². The van der Waals surface area contributed by atoms with Crippen molar-refractivity contribution in [1.29, 1.82) is 0 Å². The molecule has 110 valence electrons. The van der Waals surface area contributed by atoms with E-state index in [2.05, 4.69) is 31.4 Å². The van der Waals surface area contributed by atoms with Crippen LogP contribution in [-0.2, 0) is 9.53 Å². The molecule has 1 aliphatic carbocycles. The van der Waals surface area contributed by atoms with Crippen LogP contribution in [-0.4, -0.2) is 46.4 Å². The van der Waals surface area contributed by atoms with Crippen LogP contribution in [0.1, 0.15) is 41.9 Å². The van der Waals surface area contributed by atoms with E-state index in [1.54, 1.807) is 0 Å². The van der Waals surface area contributed by atoms with Gasteiger partial charge in [0.05, 0.1) is 16.8 Å². The molecule has 1 aliphatic rings. The van der Waals surface area contributed by atoms with Gasteiger partial charge in [0.1, 0.15) is 0 Å². The summed E-state index contributed by atoms with van der Waals surface area (Å²) in [7, 11) is 1.38. The minimum Gasteiger partial charge on any atom is -0.479 e. The van der Waals surface area contributed by atoms with E-state index in [9.17, 15) is 14.7 Å². The summed E-state index contributed by atoms with van der Waals surface area (Å²) in [5, 5.41) is 18.4. The molecular weight excluding hydrogens is 330 g/mol.